The minimum absolute atomic E-state index is 0.208. The van der Waals surface area contributed by atoms with Crippen LogP contribution in [0.2, 0.25) is 0 Å². The lowest BCUT2D eigenvalue weighted by atomic mass is 10.1. The number of aromatic nitrogens is 2. The summed E-state index contributed by atoms with van der Waals surface area (Å²) in [7, 11) is 0. The molecule has 0 spiro atoms. The average molecular weight is 356 g/mol. The molecule has 0 aliphatic carbocycles. The highest BCUT2D eigenvalue weighted by atomic mass is 16.2. The van der Waals surface area contributed by atoms with E-state index in [1.165, 1.54) is 0 Å². The van der Waals surface area contributed by atoms with Crippen LogP contribution in [0.1, 0.15) is 5.56 Å². The zero-order valence-electron chi connectivity index (χ0n) is 14.8. The molecule has 134 valence electrons. The predicted molar refractivity (Wildman–Crippen MR) is 108 cm³/mol. The Bertz CT molecular complexity index is 1060. The van der Waals surface area contributed by atoms with Crippen LogP contribution in [0.5, 0.6) is 0 Å². The molecule has 0 radical (unpaired) electrons. The first kappa shape index (κ1) is 16.8. The molecule has 0 bridgehead atoms. The first-order valence-electron chi connectivity index (χ1n) is 8.90. The van der Waals surface area contributed by atoms with Crippen molar-refractivity contribution in [2.45, 2.75) is 6.42 Å². The highest BCUT2D eigenvalue weighted by Crippen LogP contribution is 2.18. The number of nitrogens with zero attached hydrogens (tertiary/aromatic N) is 2. The second-order valence-electron chi connectivity index (χ2n) is 6.32. The topological polar surface area (TPSA) is 59.0 Å². The zero-order valence-corrected chi connectivity index (χ0v) is 14.8. The summed E-state index contributed by atoms with van der Waals surface area (Å²) in [6.07, 6.45) is 4.53. The van der Waals surface area contributed by atoms with Crippen molar-refractivity contribution < 1.29 is 4.79 Å². The van der Waals surface area contributed by atoms with Crippen LogP contribution < -0.4 is 10.6 Å². The third kappa shape index (κ3) is 4.15. The summed E-state index contributed by atoms with van der Waals surface area (Å²) in [5.41, 5.74) is 2.87. The second kappa shape index (κ2) is 7.74. The van der Waals surface area contributed by atoms with Gasteiger partial charge >= 0.3 is 6.03 Å². The van der Waals surface area contributed by atoms with Gasteiger partial charge in [0.1, 0.15) is 0 Å². The number of anilines is 1. The highest BCUT2D eigenvalue weighted by molar-refractivity contribution is 5.93. The van der Waals surface area contributed by atoms with Gasteiger partial charge in [-0.3, -0.25) is 0 Å². The van der Waals surface area contributed by atoms with E-state index in [1.54, 1.807) is 0 Å². The molecule has 1 aromatic heterocycles. The van der Waals surface area contributed by atoms with Gasteiger partial charge < -0.3 is 10.6 Å². The maximum atomic E-state index is 12.1. The van der Waals surface area contributed by atoms with E-state index >= 15 is 0 Å². The van der Waals surface area contributed by atoms with Gasteiger partial charge in [-0.05, 0) is 47.0 Å². The fourth-order valence-electron chi connectivity index (χ4n) is 2.97. The van der Waals surface area contributed by atoms with Crippen molar-refractivity contribution in [2.24, 2.45) is 0 Å². The Morgan fingerprint density at radius 1 is 0.926 bits per heavy atom. The molecular formula is C22H20N4O. The molecule has 27 heavy (non-hydrogen) atoms. The molecule has 0 aliphatic heterocycles. The SMILES string of the molecule is O=C(NCCc1cnn(-c2ccccc2)c1)Nc1ccc2ccccc2c1. The minimum Gasteiger partial charge on any atom is -0.338 e. The van der Waals surface area contributed by atoms with Crippen LogP contribution in [0.25, 0.3) is 16.5 Å². The van der Waals surface area contributed by atoms with E-state index in [1.807, 2.05) is 83.8 Å². The maximum absolute atomic E-state index is 12.1. The van der Waals surface area contributed by atoms with E-state index in [0.29, 0.717) is 6.54 Å². The number of nitrogens with one attached hydrogen (secondary N) is 2. The lowest BCUT2D eigenvalue weighted by Crippen LogP contribution is -2.30. The number of benzene rings is 3. The van der Waals surface area contributed by atoms with Crippen molar-refractivity contribution in [3.8, 4) is 5.69 Å². The number of hydrogen-bond acceptors (Lipinski definition) is 2. The van der Waals surface area contributed by atoms with E-state index in [0.717, 1.165) is 34.1 Å². The predicted octanol–water partition coefficient (Wildman–Crippen LogP) is 4.39. The molecule has 0 aliphatic rings. The Balaban J connectivity index is 1.30. The Kier molecular flexibility index (Phi) is 4.83. The van der Waals surface area contributed by atoms with Gasteiger partial charge in [0, 0.05) is 18.4 Å². The molecular weight excluding hydrogens is 336 g/mol. The molecule has 1 heterocycles. The molecule has 2 N–H and O–H groups in total. The number of fused-ring (bicyclic) bond motifs is 1. The fraction of sp³-hybridized carbons (Fsp3) is 0.0909. The summed E-state index contributed by atoms with van der Waals surface area (Å²) in [5.74, 6) is 0. The van der Waals surface area contributed by atoms with Crippen molar-refractivity contribution in [3.05, 3.63) is 90.8 Å². The molecule has 4 aromatic rings. The van der Waals surface area contributed by atoms with Crippen LogP contribution in [0.4, 0.5) is 10.5 Å². The smallest absolute Gasteiger partial charge is 0.319 e. The lowest BCUT2D eigenvalue weighted by molar-refractivity contribution is 0.252. The number of para-hydroxylation sites is 1. The quantitative estimate of drug-likeness (QED) is 0.557. The monoisotopic (exact) mass is 356 g/mol. The summed E-state index contributed by atoms with van der Waals surface area (Å²) in [6.45, 7) is 0.542. The minimum atomic E-state index is -0.208. The van der Waals surface area contributed by atoms with Crippen molar-refractivity contribution >= 4 is 22.5 Å². The third-order valence-corrected chi connectivity index (χ3v) is 4.36. The van der Waals surface area contributed by atoms with Crippen LogP contribution in [0.3, 0.4) is 0 Å². The van der Waals surface area contributed by atoms with Gasteiger partial charge in [0.15, 0.2) is 0 Å². The number of rotatable bonds is 5. The number of carbonyl (C=O) groups excluding carboxylic acids is 1. The Morgan fingerprint density at radius 3 is 2.56 bits per heavy atom. The first-order valence-corrected chi connectivity index (χ1v) is 8.90. The normalized spacial score (nSPS) is 10.7. The van der Waals surface area contributed by atoms with Crippen LogP contribution in [0, 0.1) is 0 Å². The lowest BCUT2D eigenvalue weighted by Gasteiger charge is -2.08. The average Bonchev–Trinajstić information content (AvgIpc) is 3.17. The van der Waals surface area contributed by atoms with Gasteiger partial charge in [-0.2, -0.15) is 5.10 Å². The molecule has 4 rings (SSSR count). The van der Waals surface area contributed by atoms with Crippen molar-refractivity contribution in [3.63, 3.8) is 0 Å². The molecule has 0 fully saturated rings. The van der Waals surface area contributed by atoms with Crippen molar-refractivity contribution in [1.29, 1.82) is 0 Å². The Morgan fingerprint density at radius 2 is 1.70 bits per heavy atom. The third-order valence-electron chi connectivity index (χ3n) is 4.36. The molecule has 5 heteroatoms. The van der Waals surface area contributed by atoms with Gasteiger partial charge in [0.2, 0.25) is 0 Å². The molecule has 0 unspecified atom stereocenters. The van der Waals surface area contributed by atoms with Crippen LogP contribution in [-0.4, -0.2) is 22.4 Å². The van der Waals surface area contributed by atoms with Gasteiger partial charge in [-0.15, -0.1) is 0 Å². The van der Waals surface area contributed by atoms with E-state index in [4.69, 9.17) is 0 Å². The van der Waals surface area contributed by atoms with Gasteiger partial charge in [0.25, 0.3) is 0 Å². The van der Waals surface area contributed by atoms with E-state index in [9.17, 15) is 4.79 Å². The summed E-state index contributed by atoms with van der Waals surface area (Å²) in [6, 6.07) is 23.7. The van der Waals surface area contributed by atoms with Gasteiger partial charge in [0.05, 0.1) is 11.9 Å². The summed E-state index contributed by atoms with van der Waals surface area (Å²) in [4.78, 5) is 12.1. The Labute approximate surface area is 157 Å². The fourth-order valence-corrected chi connectivity index (χ4v) is 2.97. The Hall–Kier alpha value is -3.60. The summed E-state index contributed by atoms with van der Waals surface area (Å²) in [5, 5.41) is 12.4. The number of amides is 2. The molecule has 0 saturated carbocycles. The summed E-state index contributed by atoms with van der Waals surface area (Å²) >= 11 is 0. The largest absolute Gasteiger partial charge is 0.338 e. The van der Waals surface area contributed by atoms with Crippen molar-refractivity contribution in [2.75, 3.05) is 11.9 Å². The first-order chi connectivity index (χ1) is 13.3. The number of carbonyl (C=O) groups is 1. The van der Waals surface area contributed by atoms with Crippen LogP contribution in [-0.2, 0) is 6.42 Å². The maximum Gasteiger partial charge on any atom is 0.319 e. The van der Waals surface area contributed by atoms with Gasteiger partial charge in [-0.1, -0.05) is 48.5 Å². The van der Waals surface area contributed by atoms with Gasteiger partial charge in [-0.25, -0.2) is 9.48 Å². The molecule has 3 aromatic carbocycles. The standard InChI is InChI=1S/C22H20N4O/c27-22(25-20-11-10-18-6-4-5-7-19(18)14-20)23-13-12-17-15-24-26(16-17)21-8-2-1-3-9-21/h1-11,14-16H,12-13H2,(H2,23,25,27). The highest BCUT2D eigenvalue weighted by Gasteiger charge is 2.04. The van der Waals surface area contributed by atoms with Crippen LogP contribution in [0.15, 0.2) is 85.2 Å². The van der Waals surface area contributed by atoms with E-state index < -0.39 is 0 Å². The van der Waals surface area contributed by atoms with E-state index in [-0.39, 0.29) is 6.03 Å². The van der Waals surface area contributed by atoms with Crippen LogP contribution >= 0.6 is 0 Å². The molecule has 0 atom stereocenters. The number of hydrogen-bond donors (Lipinski definition) is 2. The molecule has 5 nitrogen and oxygen atoms in total. The van der Waals surface area contributed by atoms with Crippen molar-refractivity contribution in [1.82, 2.24) is 15.1 Å². The molecule has 0 saturated heterocycles. The second-order valence-corrected chi connectivity index (χ2v) is 6.32. The van der Waals surface area contributed by atoms with E-state index in [2.05, 4.69) is 21.8 Å². The summed E-state index contributed by atoms with van der Waals surface area (Å²) < 4.78 is 1.84. The molecule has 2 amide bonds. The zero-order chi connectivity index (χ0) is 18.5. The number of urea groups is 1.